The summed E-state index contributed by atoms with van der Waals surface area (Å²) in [5.74, 6) is -0.855. The minimum atomic E-state index is -0.757. The molecule has 0 aliphatic rings. The minimum Gasteiger partial charge on any atom is -0.462 e. The summed E-state index contributed by atoms with van der Waals surface area (Å²) in [5.41, 5.74) is 0. The fourth-order valence-corrected chi connectivity index (χ4v) is 6.68. The molecule has 0 aromatic rings. The summed E-state index contributed by atoms with van der Waals surface area (Å²) < 4.78 is 16.7. The molecule has 0 fully saturated rings. The lowest BCUT2D eigenvalue weighted by molar-refractivity contribution is -0.167. The van der Waals surface area contributed by atoms with E-state index in [4.69, 9.17) is 14.2 Å². The van der Waals surface area contributed by atoms with Crippen LogP contribution in [-0.2, 0) is 28.6 Å². The van der Waals surface area contributed by atoms with Crippen LogP contribution in [0.25, 0.3) is 0 Å². The topological polar surface area (TPSA) is 78.9 Å². The Morgan fingerprint density at radius 2 is 0.529 bits per heavy atom. The quantitative estimate of drug-likeness (QED) is 0.0355. The molecule has 0 bridgehead atoms. The van der Waals surface area contributed by atoms with Gasteiger partial charge in [0.05, 0.1) is 0 Å². The molecule has 0 spiro atoms. The third-order valence-electron chi connectivity index (χ3n) is 10.1. The van der Waals surface area contributed by atoms with Crippen molar-refractivity contribution in [3.63, 3.8) is 0 Å². The van der Waals surface area contributed by atoms with E-state index in [1.54, 1.807) is 0 Å². The number of carbonyl (C=O) groups excluding carboxylic acids is 3. The summed E-state index contributed by atoms with van der Waals surface area (Å²) in [6.45, 7) is 6.63. The Kier molecular flexibility index (Phi) is 39.9. The number of unbranched alkanes of at least 4 members (excludes halogenated alkanes) is 30. The number of hydrogen-bond donors (Lipinski definition) is 0. The van der Waals surface area contributed by atoms with Crippen LogP contribution in [0.3, 0.4) is 0 Å². The molecule has 0 aromatic heterocycles. The molecule has 1 atom stereocenters. The molecule has 0 aliphatic heterocycles. The van der Waals surface area contributed by atoms with E-state index in [1.165, 1.54) is 154 Å². The van der Waals surface area contributed by atoms with Gasteiger partial charge in [-0.1, -0.05) is 213 Å². The molecule has 6 heteroatoms. The van der Waals surface area contributed by atoms with Crippen LogP contribution in [0.1, 0.15) is 252 Å². The van der Waals surface area contributed by atoms with Crippen molar-refractivity contribution in [2.75, 3.05) is 13.2 Å². The minimum absolute atomic E-state index is 0.0629. The Labute approximate surface area is 317 Å². The Morgan fingerprint density at radius 3 is 0.784 bits per heavy atom. The van der Waals surface area contributed by atoms with Crippen molar-refractivity contribution in [3.05, 3.63) is 0 Å². The van der Waals surface area contributed by atoms with Gasteiger partial charge in [-0.3, -0.25) is 14.4 Å². The van der Waals surface area contributed by atoms with Gasteiger partial charge in [-0.2, -0.15) is 0 Å². The second-order valence-electron chi connectivity index (χ2n) is 15.3. The summed E-state index contributed by atoms with van der Waals surface area (Å²) in [6.07, 6.45) is 40.8. The Hall–Kier alpha value is -1.59. The molecule has 0 unspecified atom stereocenters. The smallest absolute Gasteiger partial charge is 0.306 e. The number of esters is 3. The predicted molar refractivity (Wildman–Crippen MR) is 215 cm³/mol. The average Bonchev–Trinajstić information content (AvgIpc) is 3.12. The van der Waals surface area contributed by atoms with Gasteiger partial charge >= 0.3 is 17.9 Å². The fraction of sp³-hybridized carbons (Fsp3) is 0.933. The molecule has 0 rings (SSSR count). The molecule has 51 heavy (non-hydrogen) atoms. The molecule has 0 aliphatic carbocycles. The van der Waals surface area contributed by atoms with Crippen LogP contribution in [0.4, 0.5) is 0 Å². The van der Waals surface area contributed by atoms with E-state index in [0.29, 0.717) is 19.3 Å². The first-order valence-electron chi connectivity index (χ1n) is 22.5. The maximum atomic E-state index is 12.7. The molecular weight excluding hydrogens is 636 g/mol. The van der Waals surface area contributed by atoms with Gasteiger partial charge in [0.1, 0.15) is 13.2 Å². The van der Waals surface area contributed by atoms with Gasteiger partial charge in [-0.05, 0) is 19.3 Å². The highest BCUT2D eigenvalue weighted by Gasteiger charge is 2.19. The lowest BCUT2D eigenvalue weighted by atomic mass is 10.0. The van der Waals surface area contributed by atoms with Crippen LogP contribution in [-0.4, -0.2) is 37.2 Å². The summed E-state index contributed by atoms with van der Waals surface area (Å²) >= 11 is 0. The first-order chi connectivity index (χ1) is 25.0. The third kappa shape index (κ3) is 39.5. The van der Waals surface area contributed by atoms with Crippen LogP contribution >= 0.6 is 0 Å². The van der Waals surface area contributed by atoms with Crippen molar-refractivity contribution >= 4 is 17.9 Å². The first-order valence-corrected chi connectivity index (χ1v) is 22.5. The van der Waals surface area contributed by atoms with Crippen molar-refractivity contribution in [1.29, 1.82) is 0 Å². The van der Waals surface area contributed by atoms with Gasteiger partial charge < -0.3 is 14.2 Å². The predicted octanol–water partition coefficient (Wildman–Crippen LogP) is 14.1. The molecule has 0 heterocycles. The van der Waals surface area contributed by atoms with E-state index < -0.39 is 6.10 Å². The number of hydrogen-bond acceptors (Lipinski definition) is 6. The largest absolute Gasteiger partial charge is 0.462 e. The van der Waals surface area contributed by atoms with Crippen LogP contribution < -0.4 is 0 Å². The molecule has 0 radical (unpaired) electrons. The van der Waals surface area contributed by atoms with Gasteiger partial charge in [-0.15, -0.1) is 0 Å². The van der Waals surface area contributed by atoms with Crippen molar-refractivity contribution < 1.29 is 28.6 Å². The highest BCUT2D eigenvalue weighted by molar-refractivity contribution is 5.71. The zero-order valence-corrected chi connectivity index (χ0v) is 34.4. The van der Waals surface area contributed by atoms with E-state index in [1.807, 2.05) is 0 Å². The van der Waals surface area contributed by atoms with Gasteiger partial charge in [-0.25, -0.2) is 0 Å². The molecule has 6 nitrogen and oxygen atoms in total. The third-order valence-corrected chi connectivity index (χ3v) is 10.1. The molecule has 0 amide bonds. The normalized spacial score (nSPS) is 11.8. The summed E-state index contributed by atoms with van der Waals surface area (Å²) in [6, 6.07) is 0. The number of rotatable bonds is 41. The van der Waals surface area contributed by atoms with E-state index in [0.717, 1.165) is 57.8 Å². The van der Waals surface area contributed by atoms with Crippen molar-refractivity contribution in [2.45, 2.75) is 258 Å². The highest BCUT2D eigenvalue weighted by Crippen LogP contribution is 2.15. The maximum Gasteiger partial charge on any atom is 0.306 e. The zero-order chi connectivity index (χ0) is 37.3. The Morgan fingerprint density at radius 1 is 0.314 bits per heavy atom. The number of ether oxygens (including phenoxy) is 3. The second kappa shape index (κ2) is 41.2. The molecule has 0 N–H and O–H groups in total. The first kappa shape index (κ1) is 49.4. The number of carbonyl (C=O) groups is 3. The van der Waals surface area contributed by atoms with Crippen molar-refractivity contribution in [3.8, 4) is 0 Å². The Bertz CT molecular complexity index is 753. The lowest BCUT2D eigenvalue weighted by Gasteiger charge is -2.18. The molecule has 0 aromatic carbocycles. The van der Waals surface area contributed by atoms with E-state index in [9.17, 15) is 14.4 Å². The average molecular weight is 723 g/mol. The van der Waals surface area contributed by atoms with Gasteiger partial charge in [0.15, 0.2) is 6.10 Å². The fourth-order valence-electron chi connectivity index (χ4n) is 6.68. The molecular formula is C45H86O6. The molecule has 0 saturated heterocycles. The molecule has 0 saturated carbocycles. The monoisotopic (exact) mass is 723 g/mol. The molecule has 302 valence electrons. The van der Waals surface area contributed by atoms with Gasteiger partial charge in [0.25, 0.3) is 0 Å². The van der Waals surface area contributed by atoms with Crippen LogP contribution in [0, 0.1) is 0 Å². The SMILES string of the molecule is CCCCCCCCCCCCCCCC(=O)OC[C@@H](COC(=O)CCCCCCCCCCCC)OC(=O)CCCCCCCCCCCC. The van der Waals surface area contributed by atoms with E-state index in [-0.39, 0.29) is 31.1 Å². The summed E-state index contributed by atoms with van der Waals surface area (Å²) in [4.78, 5) is 37.6. The summed E-state index contributed by atoms with van der Waals surface area (Å²) in [5, 5.41) is 0. The maximum absolute atomic E-state index is 12.7. The Balaban J connectivity index is 4.30. The van der Waals surface area contributed by atoms with E-state index >= 15 is 0 Å². The zero-order valence-electron chi connectivity index (χ0n) is 34.4. The van der Waals surface area contributed by atoms with Gasteiger partial charge in [0, 0.05) is 19.3 Å². The van der Waals surface area contributed by atoms with Crippen LogP contribution in [0.15, 0.2) is 0 Å². The highest BCUT2D eigenvalue weighted by atomic mass is 16.6. The summed E-state index contributed by atoms with van der Waals surface area (Å²) in [7, 11) is 0. The van der Waals surface area contributed by atoms with Crippen molar-refractivity contribution in [1.82, 2.24) is 0 Å². The van der Waals surface area contributed by atoms with Crippen molar-refractivity contribution in [2.24, 2.45) is 0 Å². The standard InChI is InChI=1S/C45H86O6/c1-4-7-10-13-16-19-22-23-24-27-29-32-35-38-44(47)50-41-42(51-45(48)39-36-33-30-26-21-18-15-12-9-6-3)40-49-43(46)37-34-31-28-25-20-17-14-11-8-5-2/h42H,4-41H2,1-3H3/t42-/m1/s1. The second-order valence-corrected chi connectivity index (χ2v) is 15.3. The van der Waals surface area contributed by atoms with E-state index in [2.05, 4.69) is 20.8 Å². The van der Waals surface area contributed by atoms with Gasteiger partial charge in [0.2, 0.25) is 0 Å². The van der Waals surface area contributed by atoms with Crippen LogP contribution in [0.5, 0.6) is 0 Å². The lowest BCUT2D eigenvalue weighted by Crippen LogP contribution is -2.30. The van der Waals surface area contributed by atoms with Crippen LogP contribution in [0.2, 0.25) is 0 Å².